The van der Waals surface area contributed by atoms with Crippen molar-refractivity contribution in [1.82, 2.24) is 20.9 Å². The van der Waals surface area contributed by atoms with Crippen LogP contribution in [-0.2, 0) is 0 Å². The minimum Gasteiger partial charge on any atom is -0.387 e. The molecule has 0 fully saturated rings. The predicted molar refractivity (Wildman–Crippen MR) is 176 cm³/mol. The number of hydrogen-bond acceptors (Lipinski definition) is 4. The SMILES string of the molecule is C1=CNCC(c2cc(C3=CNCC=C3)cc(-c3cccc(-c4cc(C5=CNCC=C5)cc(-c5cccnc5)c4)c3)c2)=C1. The van der Waals surface area contributed by atoms with Crippen molar-refractivity contribution in [3.63, 3.8) is 0 Å². The van der Waals surface area contributed by atoms with Gasteiger partial charge in [-0.3, -0.25) is 4.98 Å². The Balaban J connectivity index is 1.34. The second-order valence-corrected chi connectivity index (χ2v) is 10.7. The molecule has 0 spiro atoms. The van der Waals surface area contributed by atoms with E-state index in [4.69, 9.17) is 0 Å². The third kappa shape index (κ3) is 5.48. The number of dihydropyridines is 3. The van der Waals surface area contributed by atoms with Gasteiger partial charge in [-0.05, 0) is 122 Å². The molecule has 0 unspecified atom stereocenters. The zero-order valence-electron chi connectivity index (χ0n) is 23.3. The number of nitrogens with one attached hydrogen (secondary N) is 3. The van der Waals surface area contributed by atoms with Crippen molar-refractivity contribution >= 4 is 16.7 Å². The Morgan fingerprint density at radius 2 is 1.12 bits per heavy atom. The van der Waals surface area contributed by atoms with Gasteiger partial charge in [-0.15, -0.1) is 0 Å². The fourth-order valence-corrected chi connectivity index (χ4v) is 5.65. The molecule has 0 aliphatic carbocycles. The van der Waals surface area contributed by atoms with Crippen LogP contribution in [0.2, 0.25) is 0 Å². The maximum Gasteiger partial charge on any atom is 0.0401 e. The van der Waals surface area contributed by atoms with Gasteiger partial charge in [0.15, 0.2) is 0 Å². The summed E-state index contributed by atoms with van der Waals surface area (Å²) in [7, 11) is 0. The smallest absolute Gasteiger partial charge is 0.0401 e. The van der Waals surface area contributed by atoms with Crippen LogP contribution in [0.4, 0.5) is 0 Å². The van der Waals surface area contributed by atoms with Gasteiger partial charge in [-0.2, -0.15) is 0 Å². The molecule has 3 aliphatic heterocycles. The number of nitrogens with zero attached hydrogens (tertiary/aromatic N) is 1. The Morgan fingerprint density at radius 3 is 1.69 bits per heavy atom. The summed E-state index contributed by atoms with van der Waals surface area (Å²) in [6.07, 6.45) is 23.0. The second-order valence-electron chi connectivity index (χ2n) is 10.7. The van der Waals surface area contributed by atoms with E-state index in [1.54, 1.807) is 0 Å². The van der Waals surface area contributed by atoms with E-state index in [1.807, 2.05) is 24.7 Å². The molecule has 0 atom stereocenters. The molecule has 3 aromatic carbocycles. The van der Waals surface area contributed by atoms with E-state index in [0.29, 0.717) is 0 Å². The van der Waals surface area contributed by atoms with E-state index in [0.717, 1.165) is 30.8 Å². The lowest BCUT2D eigenvalue weighted by atomic mass is 9.90. The molecule has 4 heteroatoms. The van der Waals surface area contributed by atoms with Crippen LogP contribution in [0.1, 0.15) is 16.7 Å². The van der Waals surface area contributed by atoms with Crippen molar-refractivity contribution in [3.8, 4) is 33.4 Å². The largest absolute Gasteiger partial charge is 0.387 e. The van der Waals surface area contributed by atoms with Crippen LogP contribution >= 0.6 is 0 Å². The number of benzene rings is 3. The van der Waals surface area contributed by atoms with Crippen LogP contribution in [0.3, 0.4) is 0 Å². The zero-order chi connectivity index (χ0) is 28.1. The maximum atomic E-state index is 4.38. The molecule has 3 N–H and O–H groups in total. The zero-order valence-corrected chi connectivity index (χ0v) is 23.3. The highest BCUT2D eigenvalue weighted by Crippen LogP contribution is 2.35. The van der Waals surface area contributed by atoms with E-state index in [2.05, 4.69) is 137 Å². The minimum atomic E-state index is 0.815. The lowest BCUT2D eigenvalue weighted by Gasteiger charge is -2.17. The fraction of sp³-hybridized carbons (Fsp3) is 0.0789. The Hall–Kier alpha value is -5.35. The van der Waals surface area contributed by atoms with Crippen molar-refractivity contribution in [3.05, 3.63) is 157 Å². The average molecular weight is 545 g/mol. The first-order valence-corrected chi connectivity index (χ1v) is 14.4. The highest BCUT2D eigenvalue weighted by atomic mass is 14.8. The summed E-state index contributed by atoms with van der Waals surface area (Å²) >= 11 is 0. The molecule has 0 radical (unpaired) electrons. The van der Waals surface area contributed by atoms with Gasteiger partial charge in [0.1, 0.15) is 0 Å². The summed E-state index contributed by atoms with van der Waals surface area (Å²) in [5.74, 6) is 0. The van der Waals surface area contributed by atoms with Crippen molar-refractivity contribution in [2.24, 2.45) is 0 Å². The van der Waals surface area contributed by atoms with Crippen LogP contribution in [0.5, 0.6) is 0 Å². The molecule has 0 bridgehead atoms. The van der Waals surface area contributed by atoms with E-state index in [9.17, 15) is 0 Å². The van der Waals surface area contributed by atoms with Crippen LogP contribution < -0.4 is 16.0 Å². The van der Waals surface area contributed by atoms with Gasteiger partial charge in [0.25, 0.3) is 0 Å². The first-order chi connectivity index (χ1) is 20.8. The quantitative estimate of drug-likeness (QED) is 0.234. The van der Waals surface area contributed by atoms with Crippen LogP contribution in [0.25, 0.3) is 50.1 Å². The molecule has 4 heterocycles. The van der Waals surface area contributed by atoms with E-state index in [1.165, 1.54) is 55.7 Å². The molecule has 4 aromatic rings. The molecule has 1 aromatic heterocycles. The maximum absolute atomic E-state index is 4.38. The average Bonchev–Trinajstić information content (AvgIpc) is 3.09. The van der Waals surface area contributed by atoms with Crippen LogP contribution in [0, 0.1) is 0 Å². The number of rotatable bonds is 6. The second kappa shape index (κ2) is 11.6. The van der Waals surface area contributed by atoms with Crippen LogP contribution in [0.15, 0.2) is 140 Å². The first-order valence-electron chi connectivity index (χ1n) is 14.4. The molecule has 0 saturated heterocycles. The molecular formula is C38H32N4. The Labute approximate surface area is 247 Å². The van der Waals surface area contributed by atoms with E-state index < -0.39 is 0 Å². The fourth-order valence-electron chi connectivity index (χ4n) is 5.65. The van der Waals surface area contributed by atoms with Gasteiger partial charge in [0.05, 0.1) is 0 Å². The molecule has 0 saturated carbocycles. The third-order valence-corrected chi connectivity index (χ3v) is 7.81. The van der Waals surface area contributed by atoms with E-state index >= 15 is 0 Å². The van der Waals surface area contributed by atoms with Gasteiger partial charge < -0.3 is 16.0 Å². The number of hydrogen-bond donors (Lipinski definition) is 3. The summed E-state index contributed by atoms with van der Waals surface area (Å²) in [6, 6.07) is 26.8. The Kier molecular flexibility index (Phi) is 7.09. The minimum absolute atomic E-state index is 0.815. The lowest BCUT2D eigenvalue weighted by Crippen LogP contribution is -2.12. The lowest BCUT2D eigenvalue weighted by molar-refractivity contribution is 0.976. The predicted octanol–water partition coefficient (Wildman–Crippen LogP) is 7.58. The third-order valence-electron chi connectivity index (χ3n) is 7.81. The molecule has 0 amide bonds. The normalized spacial score (nSPS) is 15.6. The summed E-state index contributed by atoms with van der Waals surface area (Å²) in [4.78, 5) is 4.38. The molecule has 7 rings (SSSR count). The van der Waals surface area contributed by atoms with Crippen molar-refractivity contribution < 1.29 is 0 Å². The molecule has 204 valence electrons. The van der Waals surface area contributed by atoms with Crippen molar-refractivity contribution in [2.45, 2.75) is 0 Å². The Bertz CT molecular complexity index is 1820. The topological polar surface area (TPSA) is 49.0 Å². The molecule has 42 heavy (non-hydrogen) atoms. The molecule has 3 aliphatic rings. The summed E-state index contributed by atoms with van der Waals surface area (Å²) in [5, 5.41) is 10.1. The van der Waals surface area contributed by atoms with Gasteiger partial charge in [0, 0.05) is 50.0 Å². The number of aromatic nitrogens is 1. The standard InChI is InChI=1S/C38H32N4/c1-6-27(33-17-35(29-8-2-12-39-23-29)21-36(18-33)30-9-3-13-40-24-30)16-28(7-1)34-19-37(31-10-4-14-41-25-31)22-38(20-34)32-11-5-15-42-26-32/h1-12,14,16-24,26,40-42H,13,15,25H2. The van der Waals surface area contributed by atoms with Gasteiger partial charge in [0.2, 0.25) is 0 Å². The highest BCUT2D eigenvalue weighted by molar-refractivity contribution is 5.86. The van der Waals surface area contributed by atoms with Crippen molar-refractivity contribution in [2.75, 3.05) is 19.6 Å². The molecule has 4 nitrogen and oxygen atoms in total. The van der Waals surface area contributed by atoms with Gasteiger partial charge in [-0.25, -0.2) is 0 Å². The first kappa shape index (κ1) is 25.6. The van der Waals surface area contributed by atoms with Crippen LogP contribution in [-0.4, -0.2) is 24.6 Å². The van der Waals surface area contributed by atoms with Gasteiger partial charge in [-0.1, -0.05) is 54.6 Å². The monoisotopic (exact) mass is 544 g/mol. The summed E-state index contributed by atoms with van der Waals surface area (Å²) in [6.45, 7) is 2.53. The van der Waals surface area contributed by atoms with E-state index in [-0.39, 0.29) is 0 Å². The van der Waals surface area contributed by atoms with Gasteiger partial charge >= 0.3 is 0 Å². The summed E-state index contributed by atoms with van der Waals surface area (Å²) < 4.78 is 0. The molecular weight excluding hydrogens is 512 g/mol. The summed E-state index contributed by atoms with van der Waals surface area (Å²) in [5.41, 5.74) is 14.3. The number of allylic oxidation sites excluding steroid dienone is 6. The highest BCUT2D eigenvalue weighted by Gasteiger charge is 2.13. The number of pyridine rings is 1. The van der Waals surface area contributed by atoms with Crippen molar-refractivity contribution in [1.29, 1.82) is 0 Å². The Morgan fingerprint density at radius 1 is 0.548 bits per heavy atom.